The van der Waals surface area contributed by atoms with Gasteiger partial charge in [-0.25, -0.2) is 0 Å². The number of nitrogens with two attached hydrogens (primary N) is 1. The molecule has 1 amide bonds. The molecule has 4 heteroatoms. The van der Waals surface area contributed by atoms with Gasteiger partial charge in [-0.15, -0.1) is 0 Å². The molecule has 0 aliphatic heterocycles. The van der Waals surface area contributed by atoms with Crippen LogP contribution in [-0.4, -0.2) is 41.9 Å². The van der Waals surface area contributed by atoms with Crippen molar-refractivity contribution < 1.29 is 4.79 Å². The first-order valence-corrected chi connectivity index (χ1v) is 7.46. The van der Waals surface area contributed by atoms with Gasteiger partial charge < -0.3 is 10.6 Å². The summed E-state index contributed by atoms with van der Waals surface area (Å²) in [5.41, 5.74) is 5.85. The van der Waals surface area contributed by atoms with Gasteiger partial charge in [0.2, 0.25) is 5.91 Å². The second kappa shape index (κ2) is 6.50. The Kier molecular flexibility index (Phi) is 5.62. The van der Waals surface area contributed by atoms with Crippen LogP contribution in [0.25, 0.3) is 0 Å². The summed E-state index contributed by atoms with van der Waals surface area (Å²) < 4.78 is 0. The molecule has 94 valence electrons. The highest BCUT2D eigenvalue weighted by Crippen LogP contribution is 2.26. The van der Waals surface area contributed by atoms with Gasteiger partial charge in [-0.3, -0.25) is 4.79 Å². The lowest BCUT2D eigenvalue weighted by Crippen LogP contribution is -2.39. The highest BCUT2D eigenvalue weighted by atomic mass is 32.2. The summed E-state index contributed by atoms with van der Waals surface area (Å²) in [5.74, 6) is 1.58. The van der Waals surface area contributed by atoms with Gasteiger partial charge in [-0.2, -0.15) is 11.8 Å². The summed E-state index contributed by atoms with van der Waals surface area (Å²) in [7, 11) is 1.93. The van der Waals surface area contributed by atoms with Crippen molar-refractivity contribution in [1.82, 2.24) is 4.90 Å². The molecule has 1 aliphatic carbocycles. The molecule has 1 fully saturated rings. The van der Waals surface area contributed by atoms with Crippen molar-refractivity contribution in [3.63, 3.8) is 0 Å². The van der Waals surface area contributed by atoms with E-state index in [0.29, 0.717) is 11.9 Å². The predicted octanol–water partition coefficient (Wildman–Crippen LogP) is 1.71. The Morgan fingerprint density at radius 3 is 2.75 bits per heavy atom. The monoisotopic (exact) mass is 244 g/mol. The standard InChI is InChI=1S/C12H24N2OS/c1-9(6-7-16-3)14(2)12(15)10-4-5-11(13)8-10/h9-11H,4-8,13H2,1-3H3. The summed E-state index contributed by atoms with van der Waals surface area (Å²) in [5, 5.41) is 0. The van der Waals surface area contributed by atoms with Crippen LogP contribution in [-0.2, 0) is 4.79 Å². The van der Waals surface area contributed by atoms with Crippen LogP contribution < -0.4 is 5.73 Å². The number of nitrogens with zero attached hydrogens (tertiary/aromatic N) is 1. The van der Waals surface area contributed by atoms with Gasteiger partial charge in [0.05, 0.1) is 0 Å². The minimum absolute atomic E-state index is 0.178. The Labute approximate surface area is 103 Å². The fourth-order valence-corrected chi connectivity index (χ4v) is 2.80. The van der Waals surface area contributed by atoms with Crippen LogP contribution in [0, 0.1) is 5.92 Å². The molecule has 1 aliphatic rings. The Morgan fingerprint density at radius 1 is 1.56 bits per heavy atom. The fraction of sp³-hybridized carbons (Fsp3) is 0.917. The van der Waals surface area contributed by atoms with Crippen molar-refractivity contribution in [2.24, 2.45) is 11.7 Å². The van der Waals surface area contributed by atoms with E-state index >= 15 is 0 Å². The minimum atomic E-state index is 0.178. The highest BCUT2D eigenvalue weighted by Gasteiger charge is 2.30. The lowest BCUT2D eigenvalue weighted by atomic mass is 10.1. The fourth-order valence-electron chi connectivity index (χ4n) is 2.23. The molecule has 16 heavy (non-hydrogen) atoms. The van der Waals surface area contributed by atoms with Gasteiger partial charge in [0.25, 0.3) is 0 Å². The van der Waals surface area contributed by atoms with E-state index in [1.807, 2.05) is 23.7 Å². The maximum atomic E-state index is 12.2. The van der Waals surface area contributed by atoms with Gasteiger partial charge in [-0.05, 0) is 44.6 Å². The molecule has 0 spiro atoms. The van der Waals surface area contributed by atoms with E-state index in [2.05, 4.69) is 13.2 Å². The first-order chi connectivity index (χ1) is 7.56. The number of carbonyl (C=O) groups excluding carboxylic acids is 1. The summed E-state index contributed by atoms with van der Waals surface area (Å²) in [6.45, 7) is 2.13. The van der Waals surface area contributed by atoms with Crippen molar-refractivity contribution in [3.8, 4) is 0 Å². The maximum absolute atomic E-state index is 12.2. The molecule has 0 bridgehead atoms. The number of amides is 1. The number of hydrogen-bond acceptors (Lipinski definition) is 3. The Hall–Kier alpha value is -0.220. The molecule has 1 rings (SSSR count). The van der Waals surface area contributed by atoms with Crippen LogP contribution in [0.4, 0.5) is 0 Å². The molecule has 0 saturated heterocycles. The predicted molar refractivity (Wildman–Crippen MR) is 70.5 cm³/mol. The Morgan fingerprint density at radius 2 is 2.25 bits per heavy atom. The molecular weight excluding hydrogens is 220 g/mol. The first kappa shape index (κ1) is 13.8. The van der Waals surface area contributed by atoms with Gasteiger partial charge in [-0.1, -0.05) is 0 Å². The average molecular weight is 244 g/mol. The molecule has 0 radical (unpaired) electrons. The van der Waals surface area contributed by atoms with Crippen molar-refractivity contribution in [1.29, 1.82) is 0 Å². The summed E-state index contributed by atoms with van der Waals surface area (Å²) in [6, 6.07) is 0.584. The third-order valence-corrected chi connectivity index (χ3v) is 4.21. The lowest BCUT2D eigenvalue weighted by molar-refractivity contribution is -0.135. The van der Waals surface area contributed by atoms with Gasteiger partial charge in [0.1, 0.15) is 0 Å². The number of thioether (sulfide) groups is 1. The van der Waals surface area contributed by atoms with E-state index in [1.165, 1.54) is 0 Å². The molecule has 3 atom stereocenters. The van der Waals surface area contributed by atoms with Crippen molar-refractivity contribution in [3.05, 3.63) is 0 Å². The number of hydrogen-bond donors (Lipinski definition) is 1. The zero-order chi connectivity index (χ0) is 12.1. The molecule has 1 saturated carbocycles. The van der Waals surface area contributed by atoms with Gasteiger partial charge in [0, 0.05) is 25.0 Å². The SMILES string of the molecule is CSCCC(C)N(C)C(=O)C1CCC(N)C1. The average Bonchev–Trinajstić information content (AvgIpc) is 2.70. The third kappa shape index (κ3) is 3.67. The molecule has 0 aromatic rings. The third-order valence-electron chi connectivity index (χ3n) is 3.57. The molecule has 0 aromatic carbocycles. The van der Waals surface area contributed by atoms with Crippen molar-refractivity contribution >= 4 is 17.7 Å². The van der Waals surface area contributed by atoms with Crippen LogP contribution in [0.1, 0.15) is 32.6 Å². The van der Waals surface area contributed by atoms with Crippen LogP contribution in [0.3, 0.4) is 0 Å². The van der Waals surface area contributed by atoms with Gasteiger partial charge in [0.15, 0.2) is 0 Å². The normalized spacial score (nSPS) is 26.8. The van der Waals surface area contributed by atoms with E-state index in [1.54, 1.807) is 0 Å². The minimum Gasteiger partial charge on any atom is -0.343 e. The largest absolute Gasteiger partial charge is 0.343 e. The zero-order valence-corrected chi connectivity index (χ0v) is 11.4. The number of rotatable bonds is 5. The number of carbonyl (C=O) groups is 1. The second-order valence-corrected chi connectivity index (χ2v) is 5.84. The molecule has 0 aromatic heterocycles. The van der Waals surface area contributed by atoms with E-state index < -0.39 is 0 Å². The summed E-state index contributed by atoms with van der Waals surface area (Å²) in [4.78, 5) is 14.1. The second-order valence-electron chi connectivity index (χ2n) is 4.85. The van der Waals surface area contributed by atoms with Crippen LogP contribution in [0.15, 0.2) is 0 Å². The molecule has 2 N–H and O–H groups in total. The topological polar surface area (TPSA) is 46.3 Å². The van der Waals surface area contributed by atoms with E-state index in [-0.39, 0.29) is 12.0 Å². The summed E-state index contributed by atoms with van der Waals surface area (Å²) in [6.07, 6.45) is 6.02. The summed E-state index contributed by atoms with van der Waals surface area (Å²) >= 11 is 1.83. The molecular formula is C12H24N2OS. The van der Waals surface area contributed by atoms with E-state index in [4.69, 9.17) is 5.73 Å². The van der Waals surface area contributed by atoms with Crippen LogP contribution >= 0.6 is 11.8 Å². The van der Waals surface area contributed by atoms with Crippen molar-refractivity contribution in [2.75, 3.05) is 19.1 Å². The smallest absolute Gasteiger partial charge is 0.225 e. The van der Waals surface area contributed by atoms with E-state index in [9.17, 15) is 4.79 Å². The van der Waals surface area contributed by atoms with Crippen molar-refractivity contribution in [2.45, 2.75) is 44.7 Å². The van der Waals surface area contributed by atoms with Crippen LogP contribution in [0.5, 0.6) is 0 Å². The highest BCUT2D eigenvalue weighted by molar-refractivity contribution is 7.98. The lowest BCUT2D eigenvalue weighted by Gasteiger charge is -2.27. The molecule has 0 heterocycles. The van der Waals surface area contributed by atoms with Crippen LogP contribution in [0.2, 0.25) is 0 Å². The maximum Gasteiger partial charge on any atom is 0.225 e. The molecule has 3 unspecified atom stereocenters. The Bertz CT molecular complexity index is 235. The Balaban J connectivity index is 2.40. The van der Waals surface area contributed by atoms with E-state index in [0.717, 1.165) is 31.4 Å². The van der Waals surface area contributed by atoms with Gasteiger partial charge >= 0.3 is 0 Å². The first-order valence-electron chi connectivity index (χ1n) is 6.07. The zero-order valence-electron chi connectivity index (χ0n) is 10.6. The quantitative estimate of drug-likeness (QED) is 0.801. The molecule has 3 nitrogen and oxygen atoms in total.